The van der Waals surface area contributed by atoms with Gasteiger partial charge in [0.05, 0.1) is 16.6 Å². The molecule has 0 saturated carbocycles. The molecule has 0 aliphatic carbocycles. The molecule has 1 saturated heterocycles. The van der Waals surface area contributed by atoms with Gasteiger partial charge in [-0.25, -0.2) is 4.79 Å². The molecule has 1 aliphatic heterocycles. The fourth-order valence-electron chi connectivity index (χ4n) is 2.46. The summed E-state index contributed by atoms with van der Waals surface area (Å²) < 4.78 is 1.50. The highest BCUT2D eigenvalue weighted by Crippen LogP contribution is 2.28. The Bertz CT molecular complexity index is 802. The zero-order valence-electron chi connectivity index (χ0n) is 10.5. The molecule has 0 amide bonds. The summed E-state index contributed by atoms with van der Waals surface area (Å²) >= 11 is 1.74. The smallest absolute Gasteiger partial charge is 0.335 e. The van der Waals surface area contributed by atoms with E-state index < -0.39 is 17.1 Å². The Morgan fingerprint density at radius 1 is 1.40 bits per heavy atom. The van der Waals surface area contributed by atoms with E-state index in [4.69, 9.17) is 5.11 Å². The molecule has 1 unspecified atom stereocenters. The van der Waals surface area contributed by atoms with Crippen LogP contribution in [0.15, 0.2) is 27.8 Å². The van der Waals surface area contributed by atoms with Gasteiger partial charge in [-0.3, -0.25) is 14.2 Å². The van der Waals surface area contributed by atoms with Crippen LogP contribution in [0.2, 0.25) is 0 Å². The van der Waals surface area contributed by atoms with Crippen LogP contribution in [0.5, 0.6) is 0 Å². The Balaban J connectivity index is 2.32. The second kappa shape index (κ2) is 4.82. The van der Waals surface area contributed by atoms with Crippen molar-refractivity contribution >= 4 is 28.8 Å². The Hall–Kier alpha value is -2.02. The second-order valence-electron chi connectivity index (χ2n) is 4.68. The molecular weight excluding hydrogens is 280 g/mol. The van der Waals surface area contributed by atoms with Gasteiger partial charge in [0.25, 0.3) is 0 Å². The number of aromatic amines is 1. The molecule has 0 radical (unpaired) electrons. The van der Waals surface area contributed by atoms with E-state index in [1.165, 1.54) is 16.7 Å². The van der Waals surface area contributed by atoms with Crippen LogP contribution in [0.4, 0.5) is 0 Å². The zero-order chi connectivity index (χ0) is 14.3. The first-order valence-electron chi connectivity index (χ1n) is 6.17. The number of aromatic carboxylic acids is 1. The number of fused-ring (bicyclic) bond motifs is 1. The molecule has 1 fully saturated rings. The van der Waals surface area contributed by atoms with Crippen LogP contribution < -0.4 is 11.1 Å². The largest absolute Gasteiger partial charge is 0.478 e. The zero-order valence-corrected chi connectivity index (χ0v) is 11.3. The maximum atomic E-state index is 12.1. The van der Waals surface area contributed by atoms with E-state index in [9.17, 15) is 14.4 Å². The highest BCUT2D eigenvalue weighted by Gasteiger charge is 2.22. The van der Waals surface area contributed by atoms with Crippen molar-refractivity contribution in [3.05, 3.63) is 44.5 Å². The van der Waals surface area contributed by atoms with Crippen molar-refractivity contribution in [2.45, 2.75) is 12.5 Å². The van der Waals surface area contributed by atoms with Gasteiger partial charge in [-0.1, -0.05) is 0 Å². The Morgan fingerprint density at radius 2 is 2.20 bits per heavy atom. The highest BCUT2D eigenvalue weighted by molar-refractivity contribution is 7.99. The molecule has 2 N–H and O–H groups in total. The summed E-state index contributed by atoms with van der Waals surface area (Å²) in [7, 11) is 0. The predicted octanol–water partition coefficient (Wildman–Crippen LogP) is 1.07. The van der Waals surface area contributed by atoms with Crippen LogP contribution in [0.3, 0.4) is 0 Å². The van der Waals surface area contributed by atoms with Gasteiger partial charge in [-0.2, -0.15) is 11.8 Å². The predicted molar refractivity (Wildman–Crippen MR) is 76.8 cm³/mol. The Labute approximate surface area is 117 Å². The molecular formula is C13H12N2O4S. The normalized spacial score (nSPS) is 18.5. The monoisotopic (exact) mass is 292 g/mol. The van der Waals surface area contributed by atoms with Crippen LogP contribution in [-0.4, -0.2) is 32.1 Å². The number of hydrogen-bond donors (Lipinski definition) is 2. The van der Waals surface area contributed by atoms with E-state index >= 15 is 0 Å². The first-order chi connectivity index (χ1) is 9.58. The van der Waals surface area contributed by atoms with Gasteiger partial charge in [0.15, 0.2) is 0 Å². The van der Waals surface area contributed by atoms with Crippen molar-refractivity contribution < 1.29 is 9.90 Å². The maximum Gasteiger partial charge on any atom is 0.335 e. The topological polar surface area (TPSA) is 92.2 Å². The molecule has 104 valence electrons. The van der Waals surface area contributed by atoms with E-state index in [2.05, 4.69) is 4.98 Å². The Morgan fingerprint density at radius 3 is 2.85 bits per heavy atom. The average molecular weight is 292 g/mol. The minimum absolute atomic E-state index is 0.00650. The Kier molecular flexibility index (Phi) is 3.13. The quantitative estimate of drug-likeness (QED) is 0.808. The number of thioether (sulfide) groups is 1. The molecule has 7 heteroatoms. The van der Waals surface area contributed by atoms with E-state index in [0.29, 0.717) is 11.0 Å². The lowest BCUT2D eigenvalue weighted by Crippen LogP contribution is -2.38. The van der Waals surface area contributed by atoms with E-state index in [0.717, 1.165) is 17.9 Å². The summed E-state index contributed by atoms with van der Waals surface area (Å²) in [6.45, 7) is 0. The molecule has 6 nitrogen and oxygen atoms in total. The molecule has 2 aromatic rings. The summed E-state index contributed by atoms with van der Waals surface area (Å²) in [6.07, 6.45) is 0.837. The number of benzene rings is 1. The van der Waals surface area contributed by atoms with Crippen molar-refractivity contribution in [3.8, 4) is 0 Å². The number of carboxylic acids is 1. The first-order valence-corrected chi connectivity index (χ1v) is 7.33. The SMILES string of the molecule is O=C(O)c1ccc2c(c1)[nH]c(=O)c(=O)n2C1CCSC1. The lowest BCUT2D eigenvalue weighted by molar-refractivity contribution is 0.0697. The first kappa shape index (κ1) is 13.0. The number of aromatic nitrogens is 2. The molecule has 1 aliphatic rings. The number of rotatable bonds is 2. The third-order valence-electron chi connectivity index (χ3n) is 3.44. The van der Waals surface area contributed by atoms with Crippen LogP contribution >= 0.6 is 11.8 Å². The van der Waals surface area contributed by atoms with Gasteiger partial charge < -0.3 is 10.1 Å². The van der Waals surface area contributed by atoms with Crippen molar-refractivity contribution in [3.63, 3.8) is 0 Å². The molecule has 0 spiro atoms. The number of nitrogens with zero attached hydrogens (tertiary/aromatic N) is 1. The summed E-state index contributed by atoms with van der Waals surface area (Å²) in [5.74, 6) is 0.680. The third-order valence-corrected chi connectivity index (χ3v) is 4.58. The average Bonchev–Trinajstić information content (AvgIpc) is 2.93. The molecule has 1 atom stereocenters. The lowest BCUT2D eigenvalue weighted by atomic mass is 10.1. The second-order valence-corrected chi connectivity index (χ2v) is 5.83. The van der Waals surface area contributed by atoms with Crippen molar-refractivity contribution in [1.82, 2.24) is 9.55 Å². The molecule has 1 aromatic heterocycles. The number of nitrogens with one attached hydrogen (secondary N) is 1. The van der Waals surface area contributed by atoms with E-state index in [-0.39, 0.29) is 11.6 Å². The third kappa shape index (κ3) is 2.03. The van der Waals surface area contributed by atoms with Gasteiger partial charge in [-0.05, 0) is 30.4 Å². The maximum absolute atomic E-state index is 12.1. The van der Waals surface area contributed by atoms with Crippen molar-refractivity contribution in [2.24, 2.45) is 0 Å². The molecule has 20 heavy (non-hydrogen) atoms. The van der Waals surface area contributed by atoms with Crippen LogP contribution in [-0.2, 0) is 0 Å². The minimum Gasteiger partial charge on any atom is -0.478 e. The fraction of sp³-hybridized carbons (Fsp3) is 0.308. The summed E-state index contributed by atoms with van der Waals surface area (Å²) in [5.41, 5.74) is -0.248. The van der Waals surface area contributed by atoms with Gasteiger partial charge in [0, 0.05) is 11.8 Å². The molecule has 0 bridgehead atoms. The standard InChI is InChI=1S/C13H12N2O4S/c16-11-12(17)15(8-3-4-20-6-8)10-2-1-7(13(18)19)5-9(10)14-11/h1-2,5,8H,3-4,6H2,(H,14,16)(H,18,19). The van der Waals surface area contributed by atoms with Gasteiger partial charge in [-0.15, -0.1) is 0 Å². The summed E-state index contributed by atoms with van der Waals surface area (Å²) in [5, 5.41) is 8.99. The van der Waals surface area contributed by atoms with Gasteiger partial charge in [0.2, 0.25) is 0 Å². The van der Waals surface area contributed by atoms with Crippen molar-refractivity contribution in [2.75, 3.05) is 11.5 Å². The van der Waals surface area contributed by atoms with Gasteiger partial charge >= 0.3 is 17.1 Å². The summed E-state index contributed by atoms with van der Waals surface area (Å²) in [6, 6.07) is 4.41. The number of carbonyl (C=O) groups is 1. The molecule has 3 rings (SSSR count). The van der Waals surface area contributed by atoms with Crippen LogP contribution in [0.25, 0.3) is 11.0 Å². The van der Waals surface area contributed by atoms with Gasteiger partial charge in [0.1, 0.15) is 0 Å². The van der Waals surface area contributed by atoms with E-state index in [1.807, 2.05) is 0 Å². The lowest BCUT2D eigenvalue weighted by Gasteiger charge is -2.15. The van der Waals surface area contributed by atoms with Crippen LogP contribution in [0, 0.1) is 0 Å². The molecule has 1 aromatic carbocycles. The summed E-state index contributed by atoms with van der Waals surface area (Å²) in [4.78, 5) is 37.3. The fourth-order valence-corrected chi connectivity index (χ4v) is 3.66. The van der Waals surface area contributed by atoms with E-state index in [1.54, 1.807) is 17.8 Å². The van der Waals surface area contributed by atoms with Crippen LogP contribution in [0.1, 0.15) is 22.8 Å². The minimum atomic E-state index is -1.07. The highest BCUT2D eigenvalue weighted by atomic mass is 32.2. The van der Waals surface area contributed by atoms with Crippen molar-refractivity contribution in [1.29, 1.82) is 0 Å². The number of carboxylic acid groups (broad SMARTS) is 1. The number of hydrogen-bond acceptors (Lipinski definition) is 4. The molecule has 2 heterocycles. The number of H-pyrrole nitrogens is 1.